The topological polar surface area (TPSA) is 41.9 Å². The lowest BCUT2D eigenvalue weighted by Crippen LogP contribution is -2.50. The molecule has 4 nitrogen and oxygen atoms in total. The summed E-state index contributed by atoms with van der Waals surface area (Å²) in [6, 6.07) is 8.26. The number of aliphatic hydroxyl groups is 1. The molecule has 4 heteroatoms. The van der Waals surface area contributed by atoms with Gasteiger partial charge in [-0.1, -0.05) is 12.1 Å². The molecule has 1 aliphatic heterocycles. The molecule has 1 aliphatic rings. The van der Waals surface area contributed by atoms with Crippen LogP contribution in [0.4, 0.5) is 0 Å². The molecule has 20 heavy (non-hydrogen) atoms. The van der Waals surface area contributed by atoms with Gasteiger partial charge in [0.1, 0.15) is 18.0 Å². The van der Waals surface area contributed by atoms with E-state index in [1.165, 1.54) is 0 Å². The molecule has 1 saturated heterocycles. The van der Waals surface area contributed by atoms with Gasteiger partial charge in [0.25, 0.3) is 0 Å². The third-order valence-corrected chi connectivity index (χ3v) is 3.62. The molecule has 0 spiro atoms. The monoisotopic (exact) mass is 279 g/mol. The molecule has 1 atom stereocenters. The van der Waals surface area contributed by atoms with E-state index in [-0.39, 0.29) is 6.61 Å². The average molecular weight is 279 g/mol. The predicted octanol–water partition coefficient (Wildman–Crippen LogP) is 1.85. The van der Waals surface area contributed by atoms with E-state index in [1.807, 2.05) is 31.2 Å². The molecule has 0 saturated carbocycles. The van der Waals surface area contributed by atoms with Crippen molar-refractivity contribution in [3.05, 3.63) is 29.8 Å². The molecule has 0 bridgehead atoms. The van der Waals surface area contributed by atoms with Crippen molar-refractivity contribution in [2.45, 2.75) is 32.4 Å². The molecular formula is C16H25NO3. The van der Waals surface area contributed by atoms with Crippen molar-refractivity contribution in [2.24, 2.45) is 0 Å². The van der Waals surface area contributed by atoms with Gasteiger partial charge in [-0.2, -0.15) is 0 Å². The average Bonchev–Trinajstić information content (AvgIpc) is 2.59. The lowest BCUT2D eigenvalue weighted by Gasteiger charge is -2.32. The molecule has 2 rings (SSSR count). The zero-order chi connectivity index (χ0) is 14.6. The van der Waals surface area contributed by atoms with Gasteiger partial charge in [0.15, 0.2) is 0 Å². The van der Waals surface area contributed by atoms with Crippen LogP contribution >= 0.6 is 0 Å². The van der Waals surface area contributed by atoms with Gasteiger partial charge in [-0.05, 0) is 38.5 Å². The highest BCUT2D eigenvalue weighted by atomic mass is 16.5. The Labute approximate surface area is 121 Å². The summed E-state index contributed by atoms with van der Waals surface area (Å²) in [5.74, 6) is 0.791. The van der Waals surface area contributed by atoms with E-state index in [9.17, 15) is 5.11 Å². The van der Waals surface area contributed by atoms with Gasteiger partial charge in [0, 0.05) is 19.1 Å². The molecule has 1 heterocycles. The highest BCUT2D eigenvalue weighted by Gasteiger charge is 2.34. The van der Waals surface area contributed by atoms with Crippen LogP contribution in [0.5, 0.6) is 5.75 Å². The Morgan fingerprint density at radius 1 is 1.45 bits per heavy atom. The van der Waals surface area contributed by atoms with Gasteiger partial charge in [-0.15, -0.1) is 0 Å². The van der Waals surface area contributed by atoms with Crippen molar-refractivity contribution in [3.8, 4) is 5.75 Å². The smallest absolute Gasteiger partial charge is 0.134 e. The van der Waals surface area contributed by atoms with Crippen LogP contribution in [0.1, 0.15) is 19.4 Å². The van der Waals surface area contributed by atoms with Gasteiger partial charge in [-0.25, -0.2) is 0 Å². The maximum atomic E-state index is 10.7. The van der Waals surface area contributed by atoms with Crippen LogP contribution in [0.15, 0.2) is 24.3 Å². The molecule has 0 radical (unpaired) electrons. The van der Waals surface area contributed by atoms with Gasteiger partial charge < -0.3 is 14.6 Å². The number of aryl methyl sites for hydroxylation is 1. The zero-order valence-electron chi connectivity index (χ0n) is 12.6. The Morgan fingerprint density at radius 3 is 2.95 bits per heavy atom. The Hall–Kier alpha value is -1.10. The maximum Gasteiger partial charge on any atom is 0.134 e. The van der Waals surface area contributed by atoms with Crippen LogP contribution in [0.3, 0.4) is 0 Å². The minimum atomic E-state index is -0.954. The summed E-state index contributed by atoms with van der Waals surface area (Å²) >= 11 is 0. The first kappa shape index (κ1) is 15.3. The van der Waals surface area contributed by atoms with Crippen molar-refractivity contribution >= 4 is 0 Å². The van der Waals surface area contributed by atoms with Crippen molar-refractivity contribution in [1.29, 1.82) is 0 Å². The maximum absolute atomic E-state index is 10.7. The standard InChI is InChI=1S/C16H25NO3/c1-13(2)17-7-8-19-11-16(18,10-17)12-20-15-6-4-5-14(3)9-15/h4-6,9,13,18H,7-8,10-12H2,1-3H3. The number of β-amino-alcohol motifs (C(OH)–C–C–N with tert-alkyl or cyclic N) is 1. The summed E-state index contributed by atoms with van der Waals surface area (Å²) < 4.78 is 11.3. The fourth-order valence-electron chi connectivity index (χ4n) is 2.40. The first-order chi connectivity index (χ1) is 9.48. The first-order valence-electron chi connectivity index (χ1n) is 7.22. The summed E-state index contributed by atoms with van der Waals surface area (Å²) in [6.45, 7) is 8.95. The number of rotatable bonds is 4. The van der Waals surface area contributed by atoms with Crippen molar-refractivity contribution in [1.82, 2.24) is 4.90 Å². The van der Waals surface area contributed by atoms with Crippen LogP contribution in [-0.4, -0.2) is 54.6 Å². The third kappa shape index (κ3) is 4.20. The van der Waals surface area contributed by atoms with E-state index in [0.717, 1.165) is 17.9 Å². The van der Waals surface area contributed by atoms with Gasteiger partial charge in [-0.3, -0.25) is 4.90 Å². The highest BCUT2D eigenvalue weighted by Crippen LogP contribution is 2.18. The lowest BCUT2D eigenvalue weighted by molar-refractivity contribution is -0.0661. The largest absolute Gasteiger partial charge is 0.490 e. The van der Waals surface area contributed by atoms with E-state index in [4.69, 9.17) is 9.47 Å². The van der Waals surface area contributed by atoms with Crippen LogP contribution in [0, 0.1) is 6.92 Å². The summed E-state index contributed by atoms with van der Waals surface area (Å²) in [5.41, 5.74) is 0.195. The molecule has 1 fully saturated rings. The van der Waals surface area contributed by atoms with E-state index in [2.05, 4.69) is 18.7 Å². The Kier molecular flexibility index (Phi) is 5.02. The molecule has 1 aromatic carbocycles. The molecule has 112 valence electrons. The minimum Gasteiger partial charge on any atom is -0.490 e. The third-order valence-electron chi connectivity index (χ3n) is 3.62. The Balaban J connectivity index is 1.98. The molecule has 0 amide bonds. The van der Waals surface area contributed by atoms with Crippen LogP contribution in [-0.2, 0) is 4.74 Å². The van der Waals surface area contributed by atoms with Crippen molar-refractivity contribution in [3.63, 3.8) is 0 Å². The quantitative estimate of drug-likeness (QED) is 0.913. The van der Waals surface area contributed by atoms with E-state index in [0.29, 0.717) is 25.8 Å². The lowest BCUT2D eigenvalue weighted by atomic mass is 10.1. The predicted molar refractivity (Wildman–Crippen MR) is 79.2 cm³/mol. The summed E-state index contributed by atoms with van der Waals surface area (Å²) in [6.07, 6.45) is 0. The number of benzene rings is 1. The normalized spacial score (nSPS) is 24.6. The summed E-state index contributed by atoms with van der Waals surface area (Å²) in [7, 11) is 0. The Morgan fingerprint density at radius 2 is 2.25 bits per heavy atom. The molecule has 1 N–H and O–H groups in total. The second-order valence-electron chi connectivity index (χ2n) is 5.95. The van der Waals surface area contributed by atoms with Gasteiger partial charge in [0.2, 0.25) is 0 Å². The molecule has 0 aromatic heterocycles. The summed E-state index contributed by atoms with van der Waals surface area (Å²) in [4.78, 5) is 2.23. The van der Waals surface area contributed by atoms with Gasteiger partial charge >= 0.3 is 0 Å². The van der Waals surface area contributed by atoms with Crippen molar-refractivity contribution < 1.29 is 14.6 Å². The van der Waals surface area contributed by atoms with Gasteiger partial charge in [0.05, 0.1) is 13.2 Å². The second-order valence-corrected chi connectivity index (χ2v) is 5.95. The number of ether oxygens (including phenoxy) is 2. The molecular weight excluding hydrogens is 254 g/mol. The van der Waals surface area contributed by atoms with E-state index >= 15 is 0 Å². The fourth-order valence-corrected chi connectivity index (χ4v) is 2.40. The second kappa shape index (κ2) is 6.57. The first-order valence-corrected chi connectivity index (χ1v) is 7.22. The van der Waals surface area contributed by atoms with E-state index in [1.54, 1.807) is 0 Å². The van der Waals surface area contributed by atoms with E-state index < -0.39 is 5.60 Å². The highest BCUT2D eigenvalue weighted by molar-refractivity contribution is 5.27. The SMILES string of the molecule is Cc1cccc(OCC2(O)COCCN(C(C)C)C2)c1. The molecule has 0 aliphatic carbocycles. The molecule has 1 unspecified atom stereocenters. The fraction of sp³-hybridized carbons (Fsp3) is 0.625. The number of hydrogen-bond donors (Lipinski definition) is 1. The zero-order valence-corrected chi connectivity index (χ0v) is 12.6. The van der Waals surface area contributed by atoms with Crippen LogP contribution < -0.4 is 4.74 Å². The molecule has 1 aromatic rings. The number of nitrogens with zero attached hydrogens (tertiary/aromatic N) is 1. The summed E-state index contributed by atoms with van der Waals surface area (Å²) in [5, 5.41) is 10.7. The minimum absolute atomic E-state index is 0.250. The van der Waals surface area contributed by atoms with Crippen LogP contribution in [0.2, 0.25) is 0 Å². The van der Waals surface area contributed by atoms with Crippen LogP contribution in [0.25, 0.3) is 0 Å². The number of hydrogen-bond acceptors (Lipinski definition) is 4. The van der Waals surface area contributed by atoms with Crippen molar-refractivity contribution in [2.75, 3.05) is 32.9 Å². The Bertz CT molecular complexity index is 435.